The number of hydrogen-bond donors (Lipinski definition) is 0. The lowest BCUT2D eigenvalue weighted by atomic mass is 10.1. The molecule has 33 heavy (non-hydrogen) atoms. The number of aryl methyl sites for hydroxylation is 1. The van der Waals surface area contributed by atoms with Crippen LogP contribution in [-0.4, -0.2) is 33.7 Å². The van der Waals surface area contributed by atoms with E-state index in [2.05, 4.69) is 13.8 Å². The fourth-order valence-corrected chi connectivity index (χ4v) is 3.72. The van der Waals surface area contributed by atoms with Crippen LogP contribution in [0.4, 0.5) is 0 Å². The molecule has 176 valence electrons. The standard InChI is InChI=1S/C26H32ClN3O3/c1-7-18(4)29(25(31)17(2)3)16-24-19(5)28-30(21-10-8-9-20(27)15-21)26(24)33-23-13-11-22(32-6)12-14-23/h8-15,17-18H,7,16H2,1-6H3/t18-/m1/s1. The minimum absolute atomic E-state index is 0.0858. The minimum Gasteiger partial charge on any atom is -0.497 e. The van der Waals surface area contributed by atoms with Crippen molar-refractivity contribution < 1.29 is 14.3 Å². The zero-order valence-electron chi connectivity index (χ0n) is 20.1. The van der Waals surface area contributed by atoms with E-state index in [4.69, 9.17) is 26.2 Å². The Morgan fingerprint density at radius 3 is 2.36 bits per heavy atom. The van der Waals surface area contributed by atoms with Gasteiger partial charge in [0.25, 0.3) is 0 Å². The zero-order chi connectivity index (χ0) is 24.1. The van der Waals surface area contributed by atoms with Gasteiger partial charge in [0.1, 0.15) is 11.5 Å². The summed E-state index contributed by atoms with van der Waals surface area (Å²) in [6.45, 7) is 10.3. The van der Waals surface area contributed by atoms with Crippen LogP contribution >= 0.6 is 11.6 Å². The highest BCUT2D eigenvalue weighted by molar-refractivity contribution is 6.30. The third-order valence-corrected chi connectivity index (χ3v) is 5.93. The number of amides is 1. The van der Waals surface area contributed by atoms with Crippen molar-refractivity contribution in [1.29, 1.82) is 0 Å². The van der Waals surface area contributed by atoms with Crippen molar-refractivity contribution in [1.82, 2.24) is 14.7 Å². The van der Waals surface area contributed by atoms with Gasteiger partial charge in [-0.2, -0.15) is 5.10 Å². The summed E-state index contributed by atoms with van der Waals surface area (Å²) in [7, 11) is 1.63. The van der Waals surface area contributed by atoms with Crippen LogP contribution in [0.3, 0.4) is 0 Å². The first kappa shape index (κ1) is 24.6. The van der Waals surface area contributed by atoms with E-state index < -0.39 is 0 Å². The summed E-state index contributed by atoms with van der Waals surface area (Å²) in [5, 5.41) is 5.37. The highest BCUT2D eigenvalue weighted by Crippen LogP contribution is 2.33. The van der Waals surface area contributed by atoms with Crippen molar-refractivity contribution in [3.63, 3.8) is 0 Å². The number of nitrogens with zero attached hydrogens (tertiary/aromatic N) is 3. The molecule has 3 rings (SSSR count). The zero-order valence-corrected chi connectivity index (χ0v) is 20.9. The number of rotatable bonds is 9. The SMILES string of the molecule is CC[C@@H](C)N(Cc1c(C)nn(-c2cccc(Cl)c2)c1Oc1ccc(OC)cc1)C(=O)C(C)C. The lowest BCUT2D eigenvalue weighted by molar-refractivity contribution is -0.137. The van der Waals surface area contributed by atoms with Gasteiger partial charge in [-0.15, -0.1) is 0 Å². The van der Waals surface area contributed by atoms with E-state index in [-0.39, 0.29) is 17.9 Å². The summed E-state index contributed by atoms with van der Waals surface area (Å²) < 4.78 is 13.4. The Morgan fingerprint density at radius 1 is 1.12 bits per heavy atom. The quantitative estimate of drug-likeness (QED) is 0.363. The molecule has 1 amide bonds. The molecule has 0 radical (unpaired) electrons. The predicted octanol–water partition coefficient (Wildman–Crippen LogP) is 6.42. The van der Waals surface area contributed by atoms with Crippen LogP contribution in [-0.2, 0) is 11.3 Å². The second kappa shape index (κ2) is 10.8. The number of methoxy groups -OCH3 is 1. The Balaban J connectivity index is 2.10. The van der Waals surface area contributed by atoms with E-state index in [9.17, 15) is 4.79 Å². The van der Waals surface area contributed by atoms with Gasteiger partial charge in [0.05, 0.1) is 30.6 Å². The third kappa shape index (κ3) is 5.69. The number of benzene rings is 2. The molecule has 0 bridgehead atoms. The number of carbonyl (C=O) groups excluding carboxylic acids is 1. The van der Waals surface area contributed by atoms with Crippen molar-refractivity contribution in [2.24, 2.45) is 5.92 Å². The number of halogens is 1. The predicted molar refractivity (Wildman–Crippen MR) is 132 cm³/mol. The first-order valence-electron chi connectivity index (χ1n) is 11.2. The molecule has 7 heteroatoms. The van der Waals surface area contributed by atoms with Gasteiger partial charge in [-0.3, -0.25) is 4.79 Å². The maximum absolute atomic E-state index is 13.0. The Bertz CT molecular complexity index is 1090. The molecule has 0 saturated carbocycles. The number of carbonyl (C=O) groups is 1. The molecule has 0 unspecified atom stereocenters. The van der Waals surface area contributed by atoms with Gasteiger partial charge in [-0.25, -0.2) is 4.68 Å². The summed E-state index contributed by atoms with van der Waals surface area (Å²) in [4.78, 5) is 15.0. The van der Waals surface area contributed by atoms with Gasteiger partial charge in [0, 0.05) is 17.0 Å². The van der Waals surface area contributed by atoms with Crippen LogP contribution in [0, 0.1) is 12.8 Å². The van der Waals surface area contributed by atoms with Crippen LogP contribution in [0.15, 0.2) is 48.5 Å². The number of ether oxygens (including phenoxy) is 2. The van der Waals surface area contributed by atoms with Crippen LogP contribution < -0.4 is 9.47 Å². The molecule has 3 aromatic rings. The van der Waals surface area contributed by atoms with Crippen LogP contribution in [0.25, 0.3) is 5.69 Å². The topological polar surface area (TPSA) is 56.6 Å². The monoisotopic (exact) mass is 469 g/mol. The smallest absolute Gasteiger partial charge is 0.227 e. The van der Waals surface area contributed by atoms with E-state index in [0.29, 0.717) is 23.2 Å². The highest BCUT2D eigenvalue weighted by atomic mass is 35.5. The molecule has 1 atom stereocenters. The van der Waals surface area contributed by atoms with Crippen LogP contribution in [0.1, 0.15) is 45.4 Å². The Morgan fingerprint density at radius 2 is 1.79 bits per heavy atom. The molecular formula is C26H32ClN3O3. The van der Waals surface area contributed by atoms with Gasteiger partial charge in [-0.05, 0) is 62.7 Å². The van der Waals surface area contributed by atoms with Gasteiger partial charge in [-0.1, -0.05) is 38.4 Å². The van der Waals surface area contributed by atoms with E-state index >= 15 is 0 Å². The van der Waals surface area contributed by atoms with E-state index in [1.54, 1.807) is 11.8 Å². The Kier molecular flexibility index (Phi) is 8.03. The summed E-state index contributed by atoms with van der Waals surface area (Å²) in [5.41, 5.74) is 2.44. The lowest BCUT2D eigenvalue weighted by Crippen LogP contribution is -2.40. The average molecular weight is 470 g/mol. The summed E-state index contributed by atoms with van der Waals surface area (Å²) in [6, 6.07) is 14.9. The third-order valence-electron chi connectivity index (χ3n) is 5.69. The minimum atomic E-state index is -0.103. The molecule has 1 heterocycles. The maximum Gasteiger partial charge on any atom is 0.227 e. The van der Waals surface area contributed by atoms with Crippen LogP contribution in [0.2, 0.25) is 5.02 Å². The Hall–Kier alpha value is -2.99. The average Bonchev–Trinajstić information content (AvgIpc) is 3.11. The summed E-state index contributed by atoms with van der Waals surface area (Å²) >= 11 is 6.26. The first-order valence-corrected chi connectivity index (χ1v) is 11.6. The van der Waals surface area contributed by atoms with Gasteiger partial charge in [0.2, 0.25) is 11.8 Å². The largest absolute Gasteiger partial charge is 0.497 e. The van der Waals surface area contributed by atoms with Crippen molar-refractivity contribution in [3.8, 4) is 23.1 Å². The fourth-order valence-electron chi connectivity index (χ4n) is 3.54. The van der Waals surface area contributed by atoms with Crippen molar-refractivity contribution in [3.05, 3.63) is 64.8 Å². The summed E-state index contributed by atoms with van der Waals surface area (Å²) in [6.07, 6.45) is 0.856. The molecule has 0 saturated heterocycles. The number of aromatic nitrogens is 2. The molecule has 0 aliphatic rings. The van der Waals surface area contributed by atoms with E-state index in [1.165, 1.54) is 0 Å². The first-order chi connectivity index (χ1) is 15.7. The van der Waals surface area contributed by atoms with E-state index in [1.807, 2.05) is 74.2 Å². The lowest BCUT2D eigenvalue weighted by Gasteiger charge is -2.30. The summed E-state index contributed by atoms with van der Waals surface area (Å²) in [5.74, 6) is 1.95. The molecule has 6 nitrogen and oxygen atoms in total. The maximum atomic E-state index is 13.0. The highest BCUT2D eigenvalue weighted by Gasteiger charge is 2.27. The second-order valence-corrected chi connectivity index (χ2v) is 8.85. The van der Waals surface area contributed by atoms with Gasteiger partial charge < -0.3 is 14.4 Å². The molecule has 0 spiro atoms. The van der Waals surface area contributed by atoms with Gasteiger partial charge >= 0.3 is 0 Å². The fraction of sp³-hybridized carbons (Fsp3) is 0.385. The van der Waals surface area contributed by atoms with Crippen molar-refractivity contribution in [2.75, 3.05) is 7.11 Å². The number of hydrogen-bond acceptors (Lipinski definition) is 4. The molecule has 1 aromatic heterocycles. The van der Waals surface area contributed by atoms with E-state index in [0.717, 1.165) is 29.1 Å². The molecule has 0 fully saturated rings. The molecule has 0 aliphatic heterocycles. The Labute approximate surface area is 201 Å². The molecule has 0 aliphatic carbocycles. The van der Waals surface area contributed by atoms with Gasteiger partial charge in [0.15, 0.2) is 0 Å². The van der Waals surface area contributed by atoms with Crippen molar-refractivity contribution in [2.45, 2.75) is 53.6 Å². The van der Waals surface area contributed by atoms with Crippen LogP contribution in [0.5, 0.6) is 17.4 Å². The van der Waals surface area contributed by atoms with Crippen molar-refractivity contribution >= 4 is 17.5 Å². The molecular weight excluding hydrogens is 438 g/mol. The molecule has 0 N–H and O–H groups in total. The second-order valence-electron chi connectivity index (χ2n) is 8.42. The molecule has 2 aromatic carbocycles. The normalized spacial score (nSPS) is 12.0.